The van der Waals surface area contributed by atoms with Gasteiger partial charge in [-0.2, -0.15) is 4.31 Å². The van der Waals surface area contributed by atoms with Gasteiger partial charge in [0.1, 0.15) is 16.7 Å². The number of hydrogen-bond acceptors (Lipinski definition) is 5. The van der Waals surface area contributed by atoms with Crippen LogP contribution < -0.4 is 4.74 Å². The van der Waals surface area contributed by atoms with Crippen LogP contribution in [-0.2, 0) is 19.6 Å². The average Bonchev–Trinajstić information content (AvgIpc) is 3.33. The number of sulfonamides is 1. The molecular weight excluding hydrogens is 450 g/mol. The molecule has 2 aromatic rings. The molecule has 0 spiro atoms. The van der Waals surface area contributed by atoms with Gasteiger partial charge in [-0.05, 0) is 48.6 Å². The average molecular weight is 474 g/mol. The molecule has 2 heterocycles. The van der Waals surface area contributed by atoms with Crippen molar-refractivity contribution in [1.82, 2.24) is 4.31 Å². The molecule has 172 valence electrons. The van der Waals surface area contributed by atoms with Gasteiger partial charge < -0.3 is 4.74 Å². The van der Waals surface area contributed by atoms with Crippen molar-refractivity contribution in [3.8, 4) is 5.75 Å². The quantitative estimate of drug-likeness (QED) is 0.489. The van der Waals surface area contributed by atoms with E-state index < -0.39 is 16.1 Å². The Morgan fingerprint density at radius 1 is 0.941 bits per heavy atom. The lowest BCUT2D eigenvalue weighted by molar-refractivity contribution is -0.114. The minimum absolute atomic E-state index is 0.117. The van der Waals surface area contributed by atoms with Gasteiger partial charge in [0.05, 0.1) is 6.04 Å². The third-order valence-electron chi connectivity index (χ3n) is 7.14. The standard InChI is InChI=1S/C27H23NO5S/c29-23-16-20(17-7-2-1-3-8-17)26(30)19-13-12-18(15-21(19)23)27-22-9-6-14-28(22)34(31,32)25-11-5-4-10-24(25)33-27/h1-5,7-8,10-12,16,22,27H,6,9,13-15H2/t22-,27+/m0/s1. The van der Waals surface area contributed by atoms with E-state index in [0.717, 1.165) is 17.6 Å². The second-order valence-corrected chi connectivity index (χ2v) is 10.9. The van der Waals surface area contributed by atoms with Crippen LogP contribution in [-0.4, -0.2) is 43.0 Å². The molecule has 2 aliphatic carbocycles. The number of rotatable bonds is 2. The Balaban J connectivity index is 1.34. The summed E-state index contributed by atoms with van der Waals surface area (Å²) >= 11 is 0. The third-order valence-corrected chi connectivity index (χ3v) is 9.11. The molecule has 1 fully saturated rings. The predicted octanol–water partition coefficient (Wildman–Crippen LogP) is 3.85. The number of benzene rings is 2. The van der Waals surface area contributed by atoms with E-state index in [1.165, 1.54) is 6.08 Å². The maximum Gasteiger partial charge on any atom is 0.247 e. The van der Waals surface area contributed by atoms with Crippen molar-refractivity contribution in [3.63, 3.8) is 0 Å². The summed E-state index contributed by atoms with van der Waals surface area (Å²) in [4.78, 5) is 26.6. The van der Waals surface area contributed by atoms with Crippen molar-refractivity contribution in [2.45, 2.75) is 42.7 Å². The Morgan fingerprint density at radius 2 is 1.71 bits per heavy atom. The van der Waals surface area contributed by atoms with E-state index in [0.29, 0.717) is 41.9 Å². The fourth-order valence-electron chi connectivity index (χ4n) is 5.49. The summed E-state index contributed by atoms with van der Waals surface area (Å²) < 4.78 is 34.6. The predicted molar refractivity (Wildman–Crippen MR) is 127 cm³/mol. The fourth-order valence-corrected chi connectivity index (χ4v) is 7.31. The molecule has 0 amide bonds. The van der Waals surface area contributed by atoms with Gasteiger partial charge in [-0.1, -0.05) is 48.5 Å². The zero-order chi connectivity index (χ0) is 23.4. The lowest BCUT2D eigenvalue weighted by Crippen LogP contribution is -2.44. The third kappa shape index (κ3) is 3.22. The summed E-state index contributed by atoms with van der Waals surface area (Å²) in [5, 5.41) is 0. The van der Waals surface area contributed by atoms with Gasteiger partial charge in [0.15, 0.2) is 11.6 Å². The van der Waals surface area contributed by atoms with Gasteiger partial charge in [-0.3, -0.25) is 9.59 Å². The molecule has 34 heavy (non-hydrogen) atoms. The maximum atomic E-state index is 13.3. The van der Waals surface area contributed by atoms with Crippen molar-refractivity contribution in [2.75, 3.05) is 6.54 Å². The number of nitrogens with zero attached hydrogens (tertiary/aromatic N) is 1. The van der Waals surface area contributed by atoms with Crippen LogP contribution in [0, 0.1) is 0 Å². The van der Waals surface area contributed by atoms with E-state index in [-0.39, 0.29) is 28.9 Å². The van der Waals surface area contributed by atoms with Crippen molar-refractivity contribution in [3.05, 3.63) is 89.0 Å². The summed E-state index contributed by atoms with van der Waals surface area (Å²) in [6.07, 6.45) is 4.96. The topological polar surface area (TPSA) is 80.8 Å². The molecule has 0 bridgehead atoms. The largest absolute Gasteiger partial charge is 0.483 e. The summed E-state index contributed by atoms with van der Waals surface area (Å²) in [7, 11) is -3.67. The number of carbonyl (C=O) groups is 2. The molecule has 6 nitrogen and oxygen atoms in total. The van der Waals surface area contributed by atoms with Gasteiger partial charge in [0.2, 0.25) is 10.0 Å². The molecular formula is C27H23NO5S. The van der Waals surface area contributed by atoms with Crippen molar-refractivity contribution in [1.29, 1.82) is 0 Å². The molecule has 2 aliphatic heterocycles. The van der Waals surface area contributed by atoms with Crippen LogP contribution in [0.2, 0.25) is 0 Å². The molecule has 0 aromatic heterocycles. The first-order chi connectivity index (χ1) is 16.4. The number of allylic oxidation sites excluding steroid dienone is 5. The van der Waals surface area contributed by atoms with Gasteiger partial charge in [-0.25, -0.2) is 8.42 Å². The normalized spacial score (nSPS) is 26.0. The molecule has 7 heteroatoms. The number of fused-ring (bicyclic) bond motifs is 2. The Morgan fingerprint density at radius 3 is 2.53 bits per heavy atom. The highest BCUT2D eigenvalue weighted by Gasteiger charge is 2.46. The van der Waals surface area contributed by atoms with E-state index in [1.54, 1.807) is 28.6 Å². The molecule has 6 rings (SSSR count). The molecule has 2 aromatic carbocycles. The molecule has 0 N–H and O–H groups in total. The van der Waals surface area contributed by atoms with Gasteiger partial charge in [0, 0.05) is 29.7 Å². The molecule has 4 aliphatic rings. The highest BCUT2D eigenvalue weighted by molar-refractivity contribution is 7.89. The van der Waals surface area contributed by atoms with Crippen LogP contribution >= 0.6 is 0 Å². The van der Waals surface area contributed by atoms with Crippen LogP contribution in [0.1, 0.15) is 31.2 Å². The number of Topliss-reactive ketones (excluding diaryl/α,β-unsaturated/α-hetero) is 1. The van der Waals surface area contributed by atoms with Gasteiger partial charge in [0.25, 0.3) is 0 Å². The van der Waals surface area contributed by atoms with Crippen LogP contribution in [0.25, 0.3) is 5.57 Å². The zero-order valence-corrected chi connectivity index (χ0v) is 19.3. The number of hydrogen-bond donors (Lipinski definition) is 0. The van der Waals surface area contributed by atoms with E-state index in [2.05, 4.69) is 0 Å². The Hall–Kier alpha value is -3.29. The Kier molecular flexibility index (Phi) is 4.93. The first-order valence-corrected chi connectivity index (χ1v) is 12.9. The molecule has 0 radical (unpaired) electrons. The summed E-state index contributed by atoms with van der Waals surface area (Å²) in [5.74, 6) is 0.0529. The molecule has 2 atom stereocenters. The lowest BCUT2D eigenvalue weighted by Gasteiger charge is -2.32. The highest BCUT2D eigenvalue weighted by Crippen LogP contribution is 2.43. The first kappa shape index (κ1) is 21.3. The number of carbonyl (C=O) groups excluding carboxylic acids is 2. The number of ketones is 2. The Labute approximate surface area is 198 Å². The van der Waals surface area contributed by atoms with Crippen molar-refractivity contribution in [2.24, 2.45) is 0 Å². The number of ether oxygens (including phenoxy) is 1. The fraction of sp³-hybridized carbons (Fsp3) is 0.259. The van der Waals surface area contributed by atoms with Crippen molar-refractivity contribution < 1.29 is 22.7 Å². The van der Waals surface area contributed by atoms with Gasteiger partial charge in [-0.15, -0.1) is 0 Å². The monoisotopic (exact) mass is 473 g/mol. The van der Waals surface area contributed by atoms with Crippen LogP contribution in [0.4, 0.5) is 0 Å². The van der Waals surface area contributed by atoms with Gasteiger partial charge >= 0.3 is 0 Å². The number of para-hydroxylation sites is 1. The highest BCUT2D eigenvalue weighted by atomic mass is 32.2. The molecule has 0 unspecified atom stereocenters. The van der Waals surface area contributed by atoms with Crippen LogP contribution in [0.3, 0.4) is 0 Å². The van der Waals surface area contributed by atoms with E-state index >= 15 is 0 Å². The second-order valence-electron chi connectivity index (χ2n) is 9.04. The second kappa shape index (κ2) is 7.89. The molecule has 1 saturated heterocycles. The van der Waals surface area contributed by atoms with E-state index in [4.69, 9.17) is 4.74 Å². The minimum Gasteiger partial charge on any atom is -0.483 e. The van der Waals surface area contributed by atoms with Crippen LogP contribution in [0.5, 0.6) is 5.75 Å². The first-order valence-electron chi connectivity index (χ1n) is 11.5. The smallest absolute Gasteiger partial charge is 0.247 e. The van der Waals surface area contributed by atoms with E-state index in [9.17, 15) is 18.0 Å². The van der Waals surface area contributed by atoms with E-state index in [1.807, 2.05) is 36.4 Å². The Bertz CT molecular complexity index is 1420. The lowest BCUT2D eigenvalue weighted by atomic mass is 9.78. The zero-order valence-electron chi connectivity index (χ0n) is 18.4. The SMILES string of the molecule is O=C1C=C(c2ccccc2)C(=O)C2=C1CC([C@H]1Oc3ccccc3S(=O)(=O)N3CCC[C@@H]13)=CC2. The summed E-state index contributed by atoms with van der Waals surface area (Å²) in [6.45, 7) is 0.447. The minimum atomic E-state index is -3.67. The van der Waals surface area contributed by atoms with Crippen molar-refractivity contribution >= 4 is 27.2 Å². The van der Waals surface area contributed by atoms with Crippen LogP contribution in [0.15, 0.2) is 88.4 Å². The summed E-state index contributed by atoms with van der Waals surface area (Å²) in [6, 6.07) is 15.6. The summed E-state index contributed by atoms with van der Waals surface area (Å²) in [5.41, 5.74) is 3.04. The molecule has 0 saturated carbocycles. The maximum absolute atomic E-state index is 13.3.